The van der Waals surface area contributed by atoms with Crippen LogP contribution in [0.4, 0.5) is 19.4 Å². The fourth-order valence-corrected chi connectivity index (χ4v) is 3.89. The number of methoxy groups -OCH3 is 1. The van der Waals surface area contributed by atoms with E-state index in [0.29, 0.717) is 18.0 Å². The maximum absolute atomic E-state index is 13.1. The first kappa shape index (κ1) is 25.1. The minimum absolute atomic E-state index is 0.233. The lowest BCUT2D eigenvalue weighted by Gasteiger charge is -2.15. The molecule has 3 aromatic rings. The fraction of sp³-hybridized carbons (Fsp3) is 0.333. The predicted octanol–water partition coefficient (Wildman–Crippen LogP) is 3.37. The van der Waals surface area contributed by atoms with Gasteiger partial charge in [-0.25, -0.2) is 18.3 Å². The topological polar surface area (TPSA) is 105 Å². The van der Waals surface area contributed by atoms with Crippen LogP contribution in [0.15, 0.2) is 53.3 Å². The highest BCUT2D eigenvalue weighted by molar-refractivity contribution is 5.87. The van der Waals surface area contributed by atoms with Gasteiger partial charge < -0.3 is 15.4 Å². The highest BCUT2D eigenvalue weighted by Gasteiger charge is 2.24. The van der Waals surface area contributed by atoms with Crippen LogP contribution in [-0.2, 0) is 4.74 Å². The van der Waals surface area contributed by atoms with E-state index in [1.54, 1.807) is 14.0 Å². The van der Waals surface area contributed by atoms with E-state index >= 15 is 0 Å². The van der Waals surface area contributed by atoms with Gasteiger partial charge in [0.1, 0.15) is 17.5 Å². The highest BCUT2D eigenvalue weighted by atomic mass is 19.1. The number of primary amides is 1. The molecule has 8 nitrogen and oxygen atoms in total. The number of amides is 2. The first-order valence-corrected chi connectivity index (χ1v) is 10.9. The number of nitrogens with two attached hydrogens (primary N) is 1. The van der Waals surface area contributed by atoms with Crippen molar-refractivity contribution in [3.8, 4) is 5.69 Å². The molecule has 0 saturated carbocycles. The summed E-state index contributed by atoms with van der Waals surface area (Å²) in [6.07, 6.45) is 0.951. The van der Waals surface area contributed by atoms with E-state index in [1.807, 2.05) is 30.3 Å². The average Bonchev–Trinajstić information content (AvgIpc) is 3.38. The number of aromatic amines is 1. The van der Waals surface area contributed by atoms with Crippen LogP contribution in [0.2, 0.25) is 0 Å². The number of urea groups is 1. The number of hydrogen-bond donors (Lipinski definition) is 3. The normalized spacial score (nSPS) is 15.6. The van der Waals surface area contributed by atoms with Crippen LogP contribution >= 0.6 is 0 Å². The maximum atomic E-state index is 13.1. The van der Waals surface area contributed by atoms with Gasteiger partial charge in [-0.1, -0.05) is 18.2 Å². The van der Waals surface area contributed by atoms with Gasteiger partial charge >= 0.3 is 6.03 Å². The number of rotatable bonds is 6. The standard InChI is InChI=1S/C13H17F2NO.C11H12N4O2/c1-17-5-4-16-3-2-10(9-16)11-6-12(14)8-13(15)7-11;1-7-9(13-11(12)17)15(14-10(7)16)8-5-3-2-4-6-8/h6-8,10H,2-5,9H2,1H3;2-6H,1H3,(H,14,16)(H3,12,13,17). The number of carbonyl (C=O) groups is 1. The molecular formula is C24H29F2N5O3. The fourth-order valence-electron chi connectivity index (χ4n) is 3.89. The van der Waals surface area contributed by atoms with E-state index in [9.17, 15) is 18.4 Å². The van der Waals surface area contributed by atoms with Gasteiger partial charge in [0, 0.05) is 26.3 Å². The Kier molecular flexibility index (Phi) is 8.55. The van der Waals surface area contributed by atoms with Crippen LogP contribution in [-0.4, -0.2) is 54.1 Å². The molecule has 182 valence electrons. The number of H-pyrrole nitrogens is 1. The van der Waals surface area contributed by atoms with Crippen molar-refractivity contribution in [1.29, 1.82) is 0 Å². The molecule has 0 aliphatic carbocycles. The van der Waals surface area contributed by atoms with Gasteiger partial charge in [0.25, 0.3) is 5.56 Å². The third-order valence-corrected chi connectivity index (χ3v) is 5.63. The quantitative estimate of drug-likeness (QED) is 0.511. The molecule has 1 saturated heterocycles. The van der Waals surface area contributed by atoms with E-state index in [2.05, 4.69) is 15.3 Å². The highest BCUT2D eigenvalue weighted by Crippen LogP contribution is 2.28. The van der Waals surface area contributed by atoms with Gasteiger partial charge in [-0.2, -0.15) is 0 Å². The van der Waals surface area contributed by atoms with Gasteiger partial charge in [0.05, 0.1) is 17.9 Å². The van der Waals surface area contributed by atoms with Gasteiger partial charge in [0.15, 0.2) is 0 Å². The molecule has 1 aliphatic rings. The molecule has 4 rings (SSSR count). The Hall–Kier alpha value is -3.50. The SMILES string of the molecule is COCCN1CCC(c2cc(F)cc(F)c2)C1.Cc1c(NC(N)=O)n(-c2ccccc2)[nH]c1=O. The summed E-state index contributed by atoms with van der Waals surface area (Å²) >= 11 is 0. The molecule has 1 fully saturated rings. The number of ether oxygens (including phenoxy) is 1. The molecule has 1 aliphatic heterocycles. The van der Waals surface area contributed by atoms with Crippen molar-refractivity contribution in [3.63, 3.8) is 0 Å². The number of likely N-dealkylation sites (tertiary alicyclic amines) is 1. The number of carbonyl (C=O) groups excluding carboxylic acids is 1. The second kappa shape index (κ2) is 11.6. The lowest BCUT2D eigenvalue weighted by molar-refractivity contribution is 0.160. The second-order valence-corrected chi connectivity index (χ2v) is 8.06. The first-order chi connectivity index (χ1) is 16.3. The van der Waals surface area contributed by atoms with E-state index in [1.165, 1.54) is 16.8 Å². The van der Waals surface area contributed by atoms with Crippen molar-refractivity contribution in [3.05, 3.63) is 81.6 Å². The molecule has 0 bridgehead atoms. The molecular weight excluding hydrogens is 444 g/mol. The molecule has 0 spiro atoms. The van der Waals surface area contributed by atoms with Crippen molar-refractivity contribution in [2.75, 3.05) is 38.7 Å². The van der Waals surface area contributed by atoms with Crippen molar-refractivity contribution < 1.29 is 18.3 Å². The Morgan fingerprint density at radius 1 is 1.21 bits per heavy atom. The average molecular weight is 474 g/mol. The summed E-state index contributed by atoms with van der Waals surface area (Å²) in [7, 11) is 1.68. The lowest BCUT2D eigenvalue weighted by atomic mass is 9.98. The molecule has 10 heteroatoms. The molecule has 0 radical (unpaired) electrons. The lowest BCUT2D eigenvalue weighted by Crippen LogP contribution is -2.24. The van der Waals surface area contributed by atoms with Crippen LogP contribution in [0.5, 0.6) is 0 Å². The molecule has 1 atom stereocenters. The minimum atomic E-state index is -0.711. The molecule has 1 unspecified atom stereocenters. The number of benzene rings is 2. The summed E-state index contributed by atoms with van der Waals surface area (Å²) in [5.74, 6) is -0.392. The zero-order chi connectivity index (χ0) is 24.7. The molecule has 2 aromatic carbocycles. The number of hydrogen-bond acceptors (Lipinski definition) is 4. The number of anilines is 1. The monoisotopic (exact) mass is 473 g/mol. The molecule has 2 amide bonds. The van der Waals surface area contributed by atoms with E-state index in [-0.39, 0.29) is 11.5 Å². The zero-order valence-electron chi connectivity index (χ0n) is 19.2. The summed E-state index contributed by atoms with van der Waals surface area (Å²) in [4.78, 5) is 24.7. The first-order valence-electron chi connectivity index (χ1n) is 10.9. The van der Waals surface area contributed by atoms with Crippen molar-refractivity contribution >= 4 is 11.8 Å². The zero-order valence-corrected chi connectivity index (χ0v) is 19.2. The number of nitrogens with one attached hydrogen (secondary N) is 2. The van der Waals surface area contributed by atoms with Crippen LogP contribution in [0, 0.1) is 18.6 Å². The third-order valence-electron chi connectivity index (χ3n) is 5.63. The van der Waals surface area contributed by atoms with Crippen LogP contribution in [0.3, 0.4) is 0 Å². The Morgan fingerprint density at radius 3 is 2.50 bits per heavy atom. The Bertz CT molecular complexity index is 1140. The Morgan fingerprint density at radius 2 is 1.88 bits per heavy atom. The molecule has 4 N–H and O–H groups in total. The Balaban J connectivity index is 0.000000191. The second-order valence-electron chi connectivity index (χ2n) is 8.06. The van der Waals surface area contributed by atoms with Crippen LogP contribution in [0.1, 0.15) is 23.5 Å². The summed E-state index contributed by atoms with van der Waals surface area (Å²) in [6.45, 7) is 5.01. The van der Waals surface area contributed by atoms with Crippen molar-refractivity contribution in [1.82, 2.24) is 14.7 Å². The van der Waals surface area contributed by atoms with E-state index < -0.39 is 17.7 Å². The van der Waals surface area contributed by atoms with Gasteiger partial charge in [0.2, 0.25) is 0 Å². The van der Waals surface area contributed by atoms with Gasteiger partial charge in [-0.15, -0.1) is 0 Å². The largest absolute Gasteiger partial charge is 0.383 e. The Labute approximate surface area is 196 Å². The minimum Gasteiger partial charge on any atom is -0.383 e. The molecule has 1 aromatic heterocycles. The van der Waals surface area contributed by atoms with Crippen molar-refractivity contribution in [2.24, 2.45) is 5.73 Å². The van der Waals surface area contributed by atoms with E-state index in [0.717, 1.165) is 43.4 Å². The van der Waals surface area contributed by atoms with Crippen LogP contribution in [0.25, 0.3) is 5.69 Å². The molecule has 2 heterocycles. The smallest absolute Gasteiger partial charge is 0.317 e. The number of halogens is 2. The summed E-state index contributed by atoms with van der Waals surface area (Å²) < 4.78 is 32.7. The third kappa shape index (κ3) is 6.52. The summed E-state index contributed by atoms with van der Waals surface area (Å²) in [6, 6.07) is 12.2. The van der Waals surface area contributed by atoms with Crippen molar-refractivity contribution in [2.45, 2.75) is 19.3 Å². The predicted molar refractivity (Wildman–Crippen MR) is 126 cm³/mol. The number of nitrogens with zero attached hydrogens (tertiary/aromatic N) is 2. The number of aromatic nitrogens is 2. The summed E-state index contributed by atoms with van der Waals surface area (Å²) in [5.41, 5.74) is 6.72. The van der Waals surface area contributed by atoms with Gasteiger partial charge in [-0.05, 0) is 55.6 Å². The number of para-hydroxylation sites is 1. The van der Waals surface area contributed by atoms with Gasteiger partial charge in [-0.3, -0.25) is 15.2 Å². The molecule has 34 heavy (non-hydrogen) atoms. The summed E-state index contributed by atoms with van der Waals surface area (Å²) in [5, 5.41) is 5.06. The van der Waals surface area contributed by atoms with Crippen LogP contribution < -0.4 is 16.6 Å². The van der Waals surface area contributed by atoms with E-state index in [4.69, 9.17) is 10.5 Å². The maximum Gasteiger partial charge on any atom is 0.317 e.